The van der Waals surface area contributed by atoms with Crippen LogP contribution in [-0.4, -0.2) is 4.98 Å². The Labute approximate surface area is 59.8 Å². The number of nitrogens with zero attached hydrogens (tertiary/aromatic N) is 1. The van der Waals surface area contributed by atoms with Gasteiger partial charge in [-0.15, -0.1) is 0 Å². The highest BCUT2D eigenvalue weighted by Crippen LogP contribution is 2.16. The van der Waals surface area contributed by atoms with Gasteiger partial charge in [-0.3, -0.25) is 4.98 Å². The van der Waals surface area contributed by atoms with E-state index in [0.717, 1.165) is 11.3 Å². The highest BCUT2D eigenvalue weighted by molar-refractivity contribution is 5.33. The van der Waals surface area contributed by atoms with Gasteiger partial charge in [0.2, 0.25) is 0 Å². The molecule has 0 saturated heterocycles. The van der Waals surface area contributed by atoms with Gasteiger partial charge >= 0.3 is 0 Å². The molecule has 0 unspecified atom stereocenters. The molecule has 3 nitrogen and oxygen atoms in total. The van der Waals surface area contributed by atoms with E-state index in [9.17, 15) is 0 Å². The number of aromatic nitrogens is 1. The van der Waals surface area contributed by atoms with Crippen molar-refractivity contribution in [2.75, 3.05) is 0 Å². The molecule has 0 spiro atoms. The molecule has 1 aromatic rings. The second-order valence-electron chi connectivity index (χ2n) is 2.14. The van der Waals surface area contributed by atoms with Gasteiger partial charge in [0.05, 0.1) is 0 Å². The van der Waals surface area contributed by atoms with E-state index in [4.69, 9.17) is 5.90 Å². The van der Waals surface area contributed by atoms with Crippen molar-refractivity contribution in [1.82, 2.24) is 4.98 Å². The van der Waals surface area contributed by atoms with Crippen LogP contribution in [0.4, 0.5) is 0 Å². The van der Waals surface area contributed by atoms with Crippen molar-refractivity contribution in [1.29, 1.82) is 0 Å². The van der Waals surface area contributed by atoms with Gasteiger partial charge in [0, 0.05) is 23.5 Å². The van der Waals surface area contributed by atoms with Crippen LogP contribution in [0.3, 0.4) is 0 Å². The summed E-state index contributed by atoms with van der Waals surface area (Å²) < 4.78 is 0. The predicted molar refractivity (Wildman–Crippen MR) is 38.5 cm³/mol. The summed E-state index contributed by atoms with van der Waals surface area (Å²) in [5.41, 5.74) is 1.94. The fraction of sp³-hybridized carbons (Fsp3) is 0.286. The number of hydrogen-bond donors (Lipinski definition) is 1. The lowest BCUT2D eigenvalue weighted by atomic mass is 10.2. The summed E-state index contributed by atoms with van der Waals surface area (Å²) in [7, 11) is 0. The predicted octanol–water partition coefficient (Wildman–Crippen LogP) is 0.951. The van der Waals surface area contributed by atoms with E-state index in [-0.39, 0.29) is 0 Å². The zero-order chi connectivity index (χ0) is 7.56. The monoisotopic (exact) mass is 138 g/mol. The first kappa shape index (κ1) is 7.02. The molecule has 0 amide bonds. The molecule has 1 aromatic heterocycles. The van der Waals surface area contributed by atoms with Crippen LogP contribution in [0, 0.1) is 13.8 Å². The fourth-order valence-electron chi connectivity index (χ4n) is 0.745. The summed E-state index contributed by atoms with van der Waals surface area (Å²) in [6.45, 7) is 3.84. The zero-order valence-electron chi connectivity index (χ0n) is 6.09. The maximum Gasteiger partial charge on any atom is 0.153 e. The van der Waals surface area contributed by atoms with E-state index >= 15 is 0 Å². The molecule has 0 aliphatic carbocycles. The second-order valence-corrected chi connectivity index (χ2v) is 2.14. The molecule has 0 bridgehead atoms. The van der Waals surface area contributed by atoms with Crippen LogP contribution < -0.4 is 10.7 Å². The van der Waals surface area contributed by atoms with Crippen molar-refractivity contribution >= 4 is 0 Å². The smallest absolute Gasteiger partial charge is 0.153 e. The third-order valence-electron chi connectivity index (χ3n) is 1.53. The Morgan fingerprint density at radius 1 is 1.50 bits per heavy atom. The van der Waals surface area contributed by atoms with Gasteiger partial charge < -0.3 is 4.84 Å². The van der Waals surface area contributed by atoms with Crippen molar-refractivity contribution in [2.24, 2.45) is 5.90 Å². The maximum atomic E-state index is 4.99. The van der Waals surface area contributed by atoms with Crippen molar-refractivity contribution < 1.29 is 4.84 Å². The third-order valence-corrected chi connectivity index (χ3v) is 1.53. The molecule has 0 fully saturated rings. The van der Waals surface area contributed by atoms with Gasteiger partial charge in [-0.2, -0.15) is 5.90 Å². The molecule has 0 atom stereocenters. The van der Waals surface area contributed by atoms with E-state index in [0.29, 0.717) is 5.75 Å². The number of hydrogen-bond acceptors (Lipinski definition) is 3. The van der Waals surface area contributed by atoms with Crippen LogP contribution in [0.15, 0.2) is 12.3 Å². The lowest BCUT2D eigenvalue weighted by Gasteiger charge is -2.03. The molecular formula is C7H10N2O. The molecular weight excluding hydrogens is 128 g/mol. The van der Waals surface area contributed by atoms with Gasteiger partial charge in [-0.05, 0) is 13.8 Å². The first-order chi connectivity index (χ1) is 4.75. The summed E-state index contributed by atoms with van der Waals surface area (Å²) >= 11 is 0. The molecule has 1 heterocycles. The minimum atomic E-state index is 0.688. The van der Waals surface area contributed by atoms with Crippen molar-refractivity contribution in [3.05, 3.63) is 23.5 Å². The molecule has 10 heavy (non-hydrogen) atoms. The van der Waals surface area contributed by atoms with Gasteiger partial charge in [-0.25, -0.2) is 0 Å². The third kappa shape index (κ3) is 1.09. The number of nitrogens with two attached hydrogens (primary N) is 1. The van der Waals surface area contributed by atoms with E-state index < -0.39 is 0 Å². The molecule has 54 valence electrons. The van der Waals surface area contributed by atoms with Crippen LogP contribution in [0.1, 0.15) is 11.3 Å². The van der Waals surface area contributed by atoms with Crippen molar-refractivity contribution in [3.8, 4) is 5.75 Å². The highest BCUT2D eigenvalue weighted by Gasteiger charge is 1.99. The number of rotatable bonds is 1. The summed E-state index contributed by atoms with van der Waals surface area (Å²) in [5, 5.41) is 0. The van der Waals surface area contributed by atoms with E-state index in [1.807, 2.05) is 13.8 Å². The Bertz CT molecular complexity index is 235. The minimum absolute atomic E-state index is 0.688. The maximum absolute atomic E-state index is 4.99. The Balaban J connectivity index is 3.14. The van der Waals surface area contributed by atoms with Gasteiger partial charge in [0.25, 0.3) is 0 Å². The van der Waals surface area contributed by atoms with Crippen molar-refractivity contribution in [2.45, 2.75) is 13.8 Å². The van der Waals surface area contributed by atoms with Gasteiger partial charge in [0.1, 0.15) is 0 Å². The average Bonchev–Trinajstić information content (AvgIpc) is 1.95. The Morgan fingerprint density at radius 2 is 2.20 bits per heavy atom. The summed E-state index contributed by atoms with van der Waals surface area (Å²) in [4.78, 5) is 8.64. The van der Waals surface area contributed by atoms with E-state index in [1.165, 1.54) is 0 Å². The minimum Gasteiger partial charge on any atom is -0.411 e. The highest BCUT2D eigenvalue weighted by atomic mass is 16.6. The van der Waals surface area contributed by atoms with Crippen LogP contribution in [0.25, 0.3) is 0 Å². The largest absolute Gasteiger partial charge is 0.411 e. The van der Waals surface area contributed by atoms with Crippen LogP contribution >= 0.6 is 0 Å². The van der Waals surface area contributed by atoms with Crippen LogP contribution in [0.2, 0.25) is 0 Å². The number of pyridine rings is 1. The molecule has 0 radical (unpaired) electrons. The van der Waals surface area contributed by atoms with Crippen LogP contribution in [-0.2, 0) is 0 Å². The Hall–Kier alpha value is -1.09. The lowest BCUT2D eigenvalue weighted by molar-refractivity contribution is 0.331. The standard InChI is InChI=1S/C7H10N2O/c1-5-6(2)9-4-3-7(5)10-8/h3-4H,8H2,1-2H3. The SMILES string of the molecule is Cc1nccc(ON)c1C. The molecule has 2 N–H and O–H groups in total. The topological polar surface area (TPSA) is 48.1 Å². The zero-order valence-corrected chi connectivity index (χ0v) is 6.09. The van der Waals surface area contributed by atoms with Crippen molar-refractivity contribution in [3.63, 3.8) is 0 Å². The van der Waals surface area contributed by atoms with E-state index in [1.54, 1.807) is 12.3 Å². The van der Waals surface area contributed by atoms with E-state index in [2.05, 4.69) is 9.82 Å². The molecule has 0 aliphatic rings. The molecule has 0 aliphatic heterocycles. The molecule has 3 heteroatoms. The quantitative estimate of drug-likeness (QED) is 0.588. The van der Waals surface area contributed by atoms with Gasteiger partial charge in [-0.1, -0.05) is 0 Å². The van der Waals surface area contributed by atoms with Crippen LogP contribution in [0.5, 0.6) is 5.75 Å². The summed E-state index contributed by atoms with van der Waals surface area (Å²) in [6, 6.07) is 1.74. The first-order valence-corrected chi connectivity index (χ1v) is 3.04. The molecule has 0 saturated carbocycles. The fourth-order valence-corrected chi connectivity index (χ4v) is 0.745. The molecule has 1 rings (SSSR count). The summed E-state index contributed by atoms with van der Waals surface area (Å²) in [5.74, 6) is 5.68. The number of aryl methyl sites for hydroxylation is 1. The Morgan fingerprint density at radius 3 is 2.70 bits per heavy atom. The first-order valence-electron chi connectivity index (χ1n) is 3.04. The molecule has 0 aromatic carbocycles. The second kappa shape index (κ2) is 2.66. The van der Waals surface area contributed by atoms with Gasteiger partial charge in [0.15, 0.2) is 5.75 Å². The average molecular weight is 138 g/mol. The summed E-state index contributed by atoms with van der Waals surface area (Å²) in [6.07, 6.45) is 1.67. The lowest BCUT2D eigenvalue weighted by Crippen LogP contribution is -2.04. The normalized spacial score (nSPS) is 9.50. The Kier molecular flexibility index (Phi) is 1.87.